The number of likely N-dealkylation sites (tertiary alicyclic amines) is 1. The average molecular weight is 365 g/mol. The van der Waals surface area contributed by atoms with E-state index in [4.69, 9.17) is 5.11 Å². The first-order valence-electron chi connectivity index (χ1n) is 8.52. The summed E-state index contributed by atoms with van der Waals surface area (Å²) < 4.78 is 0. The molecule has 1 aliphatic heterocycles. The number of carboxylic acids is 1. The molecule has 1 unspecified atom stereocenters. The zero-order valence-corrected chi connectivity index (χ0v) is 14.8. The highest BCUT2D eigenvalue weighted by molar-refractivity contribution is 6.46. The number of amides is 1. The van der Waals surface area contributed by atoms with E-state index in [0.717, 1.165) is 5.56 Å². The molecular formula is C21H19NO5. The SMILES string of the molecule is Cc1ccc(C(O)=C2C(=O)C(=O)N(CCC(=O)O)C2c2ccccc2)cc1. The summed E-state index contributed by atoms with van der Waals surface area (Å²) in [7, 11) is 0. The van der Waals surface area contributed by atoms with E-state index >= 15 is 0 Å². The molecule has 0 aromatic heterocycles. The van der Waals surface area contributed by atoms with Crippen LogP contribution in [0, 0.1) is 6.92 Å². The zero-order valence-electron chi connectivity index (χ0n) is 14.8. The number of ketones is 1. The van der Waals surface area contributed by atoms with E-state index in [1.807, 2.05) is 6.92 Å². The van der Waals surface area contributed by atoms with Gasteiger partial charge >= 0.3 is 5.97 Å². The second-order valence-corrected chi connectivity index (χ2v) is 6.41. The molecule has 6 nitrogen and oxygen atoms in total. The maximum Gasteiger partial charge on any atom is 0.305 e. The number of aliphatic hydroxyl groups excluding tert-OH is 1. The fourth-order valence-electron chi connectivity index (χ4n) is 3.18. The quantitative estimate of drug-likeness (QED) is 0.483. The standard InChI is InChI=1S/C21H19NO5/c1-13-7-9-15(10-8-13)19(25)17-18(14-5-3-2-4-6-14)22(12-11-16(23)24)21(27)20(17)26/h2-10,18,25H,11-12H2,1H3,(H,23,24). The predicted molar refractivity (Wildman–Crippen MR) is 98.9 cm³/mol. The minimum atomic E-state index is -1.07. The van der Waals surface area contributed by atoms with Crippen LogP contribution in [0.15, 0.2) is 60.2 Å². The van der Waals surface area contributed by atoms with Crippen LogP contribution in [0.4, 0.5) is 0 Å². The van der Waals surface area contributed by atoms with Crippen LogP contribution in [-0.2, 0) is 14.4 Å². The molecule has 1 heterocycles. The topological polar surface area (TPSA) is 94.9 Å². The van der Waals surface area contributed by atoms with Gasteiger partial charge < -0.3 is 15.1 Å². The number of nitrogens with zero attached hydrogens (tertiary/aromatic N) is 1. The van der Waals surface area contributed by atoms with Crippen molar-refractivity contribution in [3.63, 3.8) is 0 Å². The molecule has 1 amide bonds. The van der Waals surface area contributed by atoms with Crippen LogP contribution in [-0.4, -0.2) is 39.3 Å². The van der Waals surface area contributed by atoms with Gasteiger partial charge in [0.05, 0.1) is 18.0 Å². The molecule has 1 atom stereocenters. The third kappa shape index (κ3) is 3.60. The molecule has 1 fully saturated rings. The third-order valence-corrected chi connectivity index (χ3v) is 4.55. The van der Waals surface area contributed by atoms with E-state index in [1.54, 1.807) is 54.6 Å². The van der Waals surface area contributed by atoms with Crippen molar-refractivity contribution < 1.29 is 24.6 Å². The number of carbonyl (C=O) groups excluding carboxylic acids is 2. The van der Waals surface area contributed by atoms with Crippen molar-refractivity contribution in [1.82, 2.24) is 4.90 Å². The number of aliphatic hydroxyl groups is 1. The van der Waals surface area contributed by atoms with Gasteiger partial charge in [-0.15, -0.1) is 0 Å². The minimum absolute atomic E-state index is 0.0274. The van der Waals surface area contributed by atoms with Gasteiger partial charge in [0.1, 0.15) is 5.76 Å². The van der Waals surface area contributed by atoms with Crippen molar-refractivity contribution >= 4 is 23.4 Å². The third-order valence-electron chi connectivity index (χ3n) is 4.55. The van der Waals surface area contributed by atoms with Crippen LogP contribution < -0.4 is 0 Å². The lowest BCUT2D eigenvalue weighted by atomic mass is 9.95. The zero-order chi connectivity index (χ0) is 19.6. The molecule has 6 heteroatoms. The molecule has 2 aromatic carbocycles. The number of aryl methyl sites for hydroxylation is 1. The van der Waals surface area contributed by atoms with E-state index in [1.165, 1.54) is 4.90 Å². The summed E-state index contributed by atoms with van der Waals surface area (Å²) in [5, 5.41) is 19.8. The molecule has 0 aliphatic carbocycles. The van der Waals surface area contributed by atoms with Gasteiger partial charge in [0.2, 0.25) is 0 Å². The number of Topliss-reactive ketones (excluding diaryl/α,β-unsaturated/α-hetero) is 1. The van der Waals surface area contributed by atoms with E-state index in [0.29, 0.717) is 11.1 Å². The molecule has 0 saturated carbocycles. The number of hydrogen-bond acceptors (Lipinski definition) is 4. The smallest absolute Gasteiger partial charge is 0.305 e. The summed E-state index contributed by atoms with van der Waals surface area (Å²) in [4.78, 5) is 37.4. The summed E-state index contributed by atoms with van der Waals surface area (Å²) in [5.74, 6) is -2.95. The Morgan fingerprint density at radius 1 is 1.00 bits per heavy atom. The first kappa shape index (κ1) is 18.4. The number of benzene rings is 2. The Morgan fingerprint density at radius 2 is 1.63 bits per heavy atom. The minimum Gasteiger partial charge on any atom is -0.507 e. The van der Waals surface area contributed by atoms with Crippen molar-refractivity contribution in [1.29, 1.82) is 0 Å². The van der Waals surface area contributed by atoms with Crippen molar-refractivity contribution in [2.75, 3.05) is 6.54 Å². The maximum atomic E-state index is 12.7. The van der Waals surface area contributed by atoms with Gasteiger partial charge in [-0.1, -0.05) is 60.2 Å². The fourth-order valence-corrected chi connectivity index (χ4v) is 3.18. The molecule has 0 radical (unpaired) electrons. The highest BCUT2D eigenvalue weighted by atomic mass is 16.4. The number of aliphatic carboxylic acids is 1. The summed E-state index contributed by atoms with van der Waals surface area (Å²) in [6.07, 6.45) is -0.291. The molecule has 138 valence electrons. The van der Waals surface area contributed by atoms with Gasteiger partial charge in [-0.2, -0.15) is 0 Å². The Bertz CT molecular complexity index is 915. The molecule has 2 N–H and O–H groups in total. The van der Waals surface area contributed by atoms with Crippen LogP contribution >= 0.6 is 0 Å². The molecule has 0 spiro atoms. The predicted octanol–water partition coefficient (Wildman–Crippen LogP) is 2.89. The van der Waals surface area contributed by atoms with Crippen molar-refractivity contribution in [3.8, 4) is 0 Å². The Hall–Kier alpha value is -3.41. The normalized spacial score (nSPS) is 18.7. The molecule has 1 aliphatic rings. The monoisotopic (exact) mass is 365 g/mol. The molecule has 1 saturated heterocycles. The molecule has 27 heavy (non-hydrogen) atoms. The van der Waals surface area contributed by atoms with Gasteiger partial charge in [0.15, 0.2) is 0 Å². The van der Waals surface area contributed by atoms with Crippen molar-refractivity contribution in [2.45, 2.75) is 19.4 Å². The van der Waals surface area contributed by atoms with Gasteiger partial charge in [-0.3, -0.25) is 14.4 Å². The molecule has 3 rings (SSSR count). The van der Waals surface area contributed by atoms with Crippen molar-refractivity contribution in [2.24, 2.45) is 0 Å². The summed E-state index contributed by atoms with van der Waals surface area (Å²) >= 11 is 0. The molecule has 2 aromatic rings. The maximum absolute atomic E-state index is 12.7. The summed E-state index contributed by atoms with van der Waals surface area (Å²) in [6, 6.07) is 14.9. The van der Waals surface area contributed by atoms with Crippen LogP contribution in [0.2, 0.25) is 0 Å². The van der Waals surface area contributed by atoms with E-state index in [-0.39, 0.29) is 24.3 Å². The van der Waals surface area contributed by atoms with E-state index in [2.05, 4.69) is 0 Å². The Morgan fingerprint density at radius 3 is 2.22 bits per heavy atom. The number of carbonyl (C=O) groups is 3. The second-order valence-electron chi connectivity index (χ2n) is 6.41. The number of rotatable bonds is 5. The fraction of sp³-hybridized carbons (Fsp3) is 0.190. The van der Waals surface area contributed by atoms with Crippen molar-refractivity contribution in [3.05, 3.63) is 76.9 Å². The second kappa shape index (κ2) is 7.45. The van der Waals surface area contributed by atoms with Crippen LogP contribution in [0.3, 0.4) is 0 Å². The number of hydrogen-bond donors (Lipinski definition) is 2. The molecule has 0 bridgehead atoms. The van der Waals surface area contributed by atoms with Crippen LogP contribution in [0.5, 0.6) is 0 Å². The highest BCUT2D eigenvalue weighted by Crippen LogP contribution is 2.39. The Labute approximate surface area is 156 Å². The lowest BCUT2D eigenvalue weighted by Gasteiger charge is -2.24. The van der Waals surface area contributed by atoms with Gasteiger partial charge in [-0.25, -0.2) is 0 Å². The Balaban J connectivity index is 2.13. The summed E-state index contributed by atoms with van der Waals surface area (Å²) in [6.45, 7) is 1.78. The van der Waals surface area contributed by atoms with Crippen LogP contribution in [0.25, 0.3) is 5.76 Å². The lowest BCUT2D eigenvalue weighted by Crippen LogP contribution is -2.31. The van der Waals surface area contributed by atoms with Gasteiger partial charge in [0, 0.05) is 12.1 Å². The van der Waals surface area contributed by atoms with E-state index in [9.17, 15) is 19.5 Å². The van der Waals surface area contributed by atoms with Crippen LogP contribution in [0.1, 0.15) is 29.2 Å². The average Bonchev–Trinajstić information content (AvgIpc) is 2.91. The molecular weight excluding hydrogens is 346 g/mol. The first-order valence-corrected chi connectivity index (χ1v) is 8.52. The highest BCUT2D eigenvalue weighted by Gasteiger charge is 2.45. The summed E-state index contributed by atoms with van der Waals surface area (Å²) in [5.41, 5.74) is 2.03. The largest absolute Gasteiger partial charge is 0.507 e. The lowest BCUT2D eigenvalue weighted by molar-refractivity contribution is -0.142. The number of carboxylic acid groups (broad SMARTS) is 1. The van der Waals surface area contributed by atoms with Gasteiger partial charge in [-0.05, 0) is 12.5 Å². The van der Waals surface area contributed by atoms with Gasteiger partial charge in [0.25, 0.3) is 11.7 Å². The van der Waals surface area contributed by atoms with E-state index < -0.39 is 23.7 Å². The first-order chi connectivity index (χ1) is 12.9. The Kier molecular flexibility index (Phi) is 5.07.